The number of unbranched alkanes of at least 4 members (excludes halogenated alkanes) is 1. The molecule has 0 amide bonds. The Balaban J connectivity index is 2.10. The van der Waals surface area contributed by atoms with Crippen LogP contribution in [0.15, 0.2) is 18.2 Å². The van der Waals surface area contributed by atoms with E-state index in [2.05, 4.69) is 11.7 Å². The second kappa shape index (κ2) is 5.21. The van der Waals surface area contributed by atoms with Gasteiger partial charge in [0.05, 0.1) is 17.2 Å². The molecule has 0 saturated heterocycles. The number of carbonyl (C=O) groups excluding carboxylic acids is 2. The van der Waals surface area contributed by atoms with Crippen LogP contribution in [0.25, 0.3) is 0 Å². The third kappa shape index (κ3) is 2.53. The molecule has 1 aromatic carbocycles. The first-order valence-electron chi connectivity index (χ1n) is 6.19. The Labute approximate surface area is 106 Å². The normalized spacial score (nSPS) is 15.2. The highest BCUT2D eigenvalue weighted by Crippen LogP contribution is 2.25. The van der Waals surface area contributed by atoms with Crippen molar-refractivity contribution in [1.82, 2.24) is 0 Å². The Bertz CT molecular complexity index is 479. The molecule has 0 radical (unpaired) electrons. The van der Waals surface area contributed by atoms with Gasteiger partial charge in [-0.3, -0.25) is 0 Å². The van der Waals surface area contributed by atoms with Crippen LogP contribution in [0, 0.1) is 0 Å². The molecule has 1 aliphatic rings. The maximum absolute atomic E-state index is 11.4. The average Bonchev–Trinajstić information content (AvgIpc) is 2.62. The first-order chi connectivity index (χ1) is 8.61. The van der Waals surface area contributed by atoms with Crippen LogP contribution in [-0.4, -0.2) is 18.0 Å². The van der Waals surface area contributed by atoms with Crippen molar-refractivity contribution in [3.63, 3.8) is 0 Å². The summed E-state index contributed by atoms with van der Waals surface area (Å²) in [5.41, 5.74) is 0.605. The van der Waals surface area contributed by atoms with E-state index in [9.17, 15) is 9.59 Å². The zero-order chi connectivity index (χ0) is 13.1. The van der Waals surface area contributed by atoms with Crippen molar-refractivity contribution in [3.05, 3.63) is 29.3 Å². The SMILES string of the molecule is CCCCC(C)Oc1ccc2c(c1)C(=O)OC2=O. The van der Waals surface area contributed by atoms with Gasteiger partial charge in [-0.1, -0.05) is 19.8 Å². The summed E-state index contributed by atoms with van der Waals surface area (Å²) in [5.74, 6) is -0.578. The molecule has 0 fully saturated rings. The molecule has 4 nitrogen and oxygen atoms in total. The Morgan fingerprint density at radius 3 is 2.67 bits per heavy atom. The molecule has 96 valence electrons. The maximum Gasteiger partial charge on any atom is 0.347 e. The molecule has 1 aliphatic heterocycles. The highest BCUT2D eigenvalue weighted by Gasteiger charge is 2.29. The van der Waals surface area contributed by atoms with Gasteiger partial charge in [0.25, 0.3) is 0 Å². The lowest BCUT2D eigenvalue weighted by molar-refractivity contribution is 0.0443. The van der Waals surface area contributed by atoms with E-state index in [0.717, 1.165) is 19.3 Å². The second-order valence-electron chi connectivity index (χ2n) is 4.46. The number of carbonyl (C=O) groups is 2. The first kappa shape index (κ1) is 12.6. The number of ether oxygens (including phenoxy) is 2. The predicted octanol–water partition coefficient (Wildman–Crippen LogP) is 2.95. The van der Waals surface area contributed by atoms with Crippen LogP contribution in [0.3, 0.4) is 0 Å². The summed E-state index contributed by atoms with van der Waals surface area (Å²) >= 11 is 0. The molecule has 0 aliphatic carbocycles. The largest absolute Gasteiger partial charge is 0.491 e. The van der Waals surface area contributed by atoms with Gasteiger partial charge in [-0.25, -0.2) is 9.59 Å². The van der Waals surface area contributed by atoms with E-state index < -0.39 is 11.9 Å². The third-order valence-corrected chi connectivity index (χ3v) is 2.92. The van der Waals surface area contributed by atoms with Crippen LogP contribution in [-0.2, 0) is 4.74 Å². The summed E-state index contributed by atoms with van der Waals surface area (Å²) in [7, 11) is 0. The Morgan fingerprint density at radius 1 is 1.22 bits per heavy atom. The first-order valence-corrected chi connectivity index (χ1v) is 6.19. The smallest absolute Gasteiger partial charge is 0.347 e. The number of esters is 2. The minimum Gasteiger partial charge on any atom is -0.491 e. The molecule has 0 aromatic heterocycles. The Kier molecular flexibility index (Phi) is 3.65. The fourth-order valence-electron chi connectivity index (χ4n) is 1.92. The lowest BCUT2D eigenvalue weighted by Crippen LogP contribution is -2.11. The number of fused-ring (bicyclic) bond motifs is 1. The predicted molar refractivity (Wildman–Crippen MR) is 65.8 cm³/mol. The van der Waals surface area contributed by atoms with Gasteiger partial charge in [-0.05, 0) is 31.5 Å². The van der Waals surface area contributed by atoms with E-state index in [1.165, 1.54) is 0 Å². The molecule has 0 spiro atoms. The number of rotatable bonds is 5. The molecule has 2 rings (SSSR count). The summed E-state index contributed by atoms with van der Waals surface area (Å²) in [6.07, 6.45) is 3.29. The van der Waals surface area contributed by atoms with Crippen LogP contribution < -0.4 is 4.74 Å². The quantitative estimate of drug-likeness (QED) is 0.593. The molecule has 18 heavy (non-hydrogen) atoms. The zero-order valence-corrected chi connectivity index (χ0v) is 10.6. The number of hydrogen-bond donors (Lipinski definition) is 0. The molecular weight excluding hydrogens is 232 g/mol. The van der Waals surface area contributed by atoms with Crippen molar-refractivity contribution in [2.45, 2.75) is 39.2 Å². The second-order valence-corrected chi connectivity index (χ2v) is 4.46. The zero-order valence-electron chi connectivity index (χ0n) is 10.6. The van der Waals surface area contributed by atoms with Gasteiger partial charge in [-0.15, -0.1) is 0 Å². The molecule has 1 atom stereocenters. The van der Waals surface area contributed by atoms with Gasteiger partial charge in [0.2, 0.25) is 0 Å². The third-order valence-electron chi connectivity index (χ3n) is 2.92. The molecule has 0 saturated carbocycles. The molecule has 1 heterocycles. The Morgan fingerprint density at radius 2 is 1.94 bits per heavy atom. The van der Waals surface area contributed by atoms with Crippen LogP contribution in [0.1, 0.15) is 53.8 Å². The maximum atomic E-state index is 11.4. The lowest BCUT2D eigenvalue weighted by Gasteiger charge is -2.14. The van der Waals surface area contributed by atoms with E-state index in [1.54, 1.807) is 18.2 Å². The van der Waals surface area contributed by atoms with E-state index in [0.29, 0.717) is 16.9 Å². The summed E-state index contributed by atoms with van der Waals surface area (Å²) < 4.78 is 10.2. The van der Waals surface area contributed by atoms with Crippen molar-refractivity contribution in [2.75, 3.05) is 0 Å². The van der Waals surface area contributed by atoms with E-state index >= 15 is 0 Å². The standard InChI is InChI=1S/C14H16O4/c1-3-4-5-9(2)17-10-6-7-11-12(8-10)14(16)18-13(11)15/h6-9H,3-5H2,1-2H3. The molecule has 1 aromatic rings. The van der Waals surface area contributed by atoms with Gasteiger partial charge in [0, 0.05) is 0 Å². The highest BCUT2D eigenvalue weighted by atomic mass is 16.6. The monoisotopic (exact) mass is 248 g/mol. The topological polar surface area (TPSA) is 52.6 Å². The lowest BCUT2D eigenvalue weighted by atomic mass is 10.1. The van der Waals surface area contributed by atoms with Crippen LogP contribution >= 0.6 is 0 Å². The van der Waals surface area contributed by atoms with E-state index in [4.69, 9.17) is 4.74 Å². The number of cyclic esters (lactones) is 2. The number of benzene rings is 1. The van der Waals surface area contributed by atoms with Crippen molar-refractivity contribution >= 4 is 11.9 Å². The highest BCUT2D eigenvalue weighted by molar-refractivity contribution is 6.14. The summed E-state index contributed by atoms with van der Waals surface area (Å²) in [4.78, 5) is 22.7. The van der Waals surface area contributed by atoms with Crippen molar-refractivity contribution < 1.29 is 19.1 Å². The van der Waals surface area contributed by atoms with E-state index in [-0.39, 0.29) is 6.10 Å². The summed E-state index contributed by atoms with van der Waals surface area (Å²) in [6, 6.07) is 4.84. The van der Waals surface area contributed by atoms with E-state index in [1.807, 2.05) is 6.92 Å². The van der Waals surface area contributed by atoms with Gasteiger partial charge in [0.15, 0.2) is 0 Å². The molecule has 0 N–H and O–H groups in total. The Hall–Kier alpha value is -1.84. The fraction of sp³-hybridized carbons (Fsp3) is 0.429. The van der Waals surface area contributed by atoms with Crippen molar-refractivity contribution in [1.29, 1.82) is 0 Å². The van der Waals surface area contributed by atoms with Gasteiger partial charge in [-0.2, -0.15) is 0 Å². The minimum atomic E-state index is -0.596. The van der Waals surface area contributed by atoms with Gasteiger partial charge >= 0.3 is 11.9 Å². The molecule has 4 heteroatoms. The van der Waals surface area contributed by atoms with Crippen molar-refractivity contribution in [3.8, 4) is 5.75 Å². The molecule has 1 unspecified atom stereocenters. The van der Waals surface area contributed by atoms with Crippen LogP contribution in [0.2, 0.25) is 0 Å². The minimum absolute atomic E-state index is 0.0936. The average molecular weight is 248 g/mol. The molecular formula is C14H16O4. The van der Waals surface area contributed by atoms with Gasteiger partial charge < -0.3 is 9.47 Å². The fourth-order valence-corrected chi connectivity index (χ4v) is 1.92. The summed E-state index contributed by atoms with van der Waals surface area (Å²) in [5, 5.41) is 0. The number of hydrogen-bond acceptors (Lipinski definition) is 4. The molecule has 0 bridgehead atoms. The van der Waals surface area contributed by atoms with Crippen LogP contribution in [0.4, 0.5) is 0 Å². The van der Waals surface area contributed by atoms with Crippen LogP contribution in [0.5, 0.6) is 5.75 Å². The van der Waals surface area contributed by atoms with Crippen molar-refractivity contribution in [2.24, 2.45) is 0 Å². The summed E-state index contributed by atoms with van der Waals surface area (Å²) in [6.45, 7) is 4.12. The van der Waals surface area contributed by atoms with Gasteiger partial charge in [0.1, 0.15) is 5.75 Å².